The third-order valence-corrected chi connectivity index (χ3v) is 7.31. The molecule has 38 heavy (non-hydrogen) atoms. The van der Waals surface area contributed by atoms with Crippen LogP contribution < -0.4 is 10.1 Å². The smallest absolute Gasteiger partial charge is 0.340 e. The van der Waals surface area contributed by atoms with E-state index in [4.69, 9.17) is 14.5 Å². The molecule has 1 aliphatic rings. The molecule has 1 atom stereocenters. The average molecular weight is 531 g/mol. The van der Waals surface area contributed by atoms with Crippen molar-refractivity contribution in [2.45, 2.75) is 39.3 Å². The van der Waals surface area contributed by atoms with Crippen LogP contribution in [0.25, 0.3) is 22.2 Å². The second-order valence-electron chi connectivity index (χ2n) is 9.20. The van der Waals surface area contributed by atoms with Crippen molar-refractivity contribution in [2.75, 3.05) is 25.5 Å². The Bertz CT molecular complexity index is 1470. The molecule has 1 unspecified atom stereocenters. The molecule has 4 aromatic rings. The molecule has 1 N–H and O–H groups in total. The number of thiazole rings is 1. The highest BCUT2D eigenvalue weighted by molar-refractivity contribution is 7.14. The summed E-state index contributed by atoms with van der Waals surface area (Å²) < 4.78 is 11.3. The molecule has 8 nitrogen and oxygen atoms in total. The van der Waals surface area contributed by atoms with E-state index in [9.17, 15) is 9.59 Å². The standard InChI is InChI=1S/C29H30N4O4S/c1-4-25(27(34)32-29-31-24(17-38-29)18-10-12-19(13-11-18)36-5-2)37-28(35)26-20-8-6-7-9-22(20)30-23-14-15-33(3)16-21(23)26/h6-13,17,25H,4-5,14-16H2,1-3H3,(H,31,32,34). The van der Waals surface area contributed by atoms with Crippen LogP contribution in [0.1, 0.15) is 41.9 Å². The van der Waals surface area contributed by atoms with Gasteiger partial charge in [-0.15, -0.1) is 11.3 Å². The van der Waals surface area contributed by atoms with Gasteiger partial charge in [-0.3, -0.25) is 15.1 Å². The van der Waals surface area contributed by atoms with Gasteiger partial charge in [0.05, 0.1) is 23.4 Å². The minimum Gasteiger partial charge on any atom is -0.494 e. The number of amides is 1. The van der Waals surface area contributed by atoms with Gasteiger partial charge < -0.3 is 14.4 Å². The number of hydrogen-bond donors (Lipinski definition) is 1. The zero-order valence-corrected chi connectivity index (χ0v) is 22.5. The van der Waals surface area contributed by atoms with Crippen LogP contribution in [-0.2, 0) is 22.5 Å². The SMILES string of the molecule is CCOc1ccc(-c2csc(NC(=O)C(CC)OC(=O)c3c4c(nc5ccccc35)CCN(C)C4)n2)cc1. The van der Waals surface area contributed by atoms with E-state index in [1.165, 1.54) is 11.3 Å². The zero-order valence-electron chi connectivity index (χ0n) is 21.7. The molecule has 0 radical (unpaired) electrons. The Morgan fingerprint density at radius 1 is 1.11 bits per heavy atom. The van der Waals surface area contributed by atoms with Crippen LogP contribution >= 0.6 is 11.3 Å². The van der Waals surface area contributed by atoms with Crippen molar-refractivity contribution >= 4 is 39.2 Å². The van der Waals surface area contributed by atoms with E-state index in [0.717, 1.165) is 52.1 Å². The van der Waals surface area contributed by atoms with Crippen LogP contribution in [0.3, 0.4) is 0 Å². The minimum absolute atomic E-state index is 0.333. The number of ether oxygens (including phenoxy) is 2. The largest absolute Gasteiger partial charge is 0.494 e. The zero-order chi connectivity index (χ0) is 26.6. The normalized spacial score (nSPS) is 14.1. The van der Waals surface area contributed by atoms with Gasteiger partial charge in [0.15, 0.2) is 11.2 Å². The van der Waals surface area contributed by atoms with Crippen molar-refractivity contribution in [3.63, 3.8) is 0 Å². The van der Waals surface area contributed by atoms with Crippen LogP contribution in [0.2, 0.25) is 0 Å². The molecule has 9 heteroatoms. The summed E-state index contributed by atoms with van der Waals surface area (Å²) in [6.07, 6.45) is 0.138. The van der Waals surface area contributed by atoms with E-state index < -0.39 is 18.0 Å². The second kappa shape index (κ2) is 11.3. The van der Waals surface area contributed by atoms with E-state index in [2.05, 4.69) is 15.2 Å². The number of carbonyl (C=O) groups is 2. The Kier molecular flexibility index (Phi) is 7.67. The predicted molar refractivity (Wildman–Crippen MR) is 149 cm³/mol. The van der Waals surface area contributed by atoms with Gasteiger partial charge in [0.25, 0.3) is 5.91 Å². The van der Waals surface area contributed by atoms with Crippen molar-refractivity contribution in [1.82, 2.24) is 14.9 Å². The molecule has 1 amide bonds. The van der Waals surface area contributed by atoms with Gasteiger partial charge in [0, 0.05) is 47.1 Å². The first kappa shape index (κ1) is 25.8. The van der Waals surface area contributed by atoms with Gasteiger partial charge in [-0.2, -0.15) is 0 Å². The fourth-order valence-electron chi connectivity index (χ4n) is 4.61. The monoisotopic (exact) mass is 530 g/mol. The summed E-state index contributed by atoms with van der Waals surface area (Å²) in [6, 6.07) is 15.2. The van der Waals surface area contributed by atoms with Crippen LogP contribution in [0.4, 0.5) is 5.13 Å². The molecule has 2 aromatic heterocycles. The quantitative estimate of drug-likeness (QED) is 0.308. The fraction of sp³-hybridized carbons (Fsp3) is 0.310. The number of benzene rings is 2. The van der Waals surface area contributed by atoms with Gasteiger partial charge in [-0.05, 0) is 50.7 Å². The summed E-state index contributed by atoms with van der Waals surface area (Å²) in [7, 11) is 2.02. The average Bonchev–Trinajstić information content (AvgIpc) is 3.39. The summed E-state index contributed by atoms with van der Waals surface area (Å²) in [5, 5.41) is 5.89. The lowest BCUT2D eigenvalue weighted by molar-refractivity contribution is -0.124. The molecule has 0 bridgehead atoms. The molecular weight excluding hydrogens is 500 g/mol. The summed E-state index contributed by atoms with van der Waals surface area (Å²) in [6.45, 7) is 5.84. The third kappa shape index (κ3) is 5.39. The van der Waals surface area contributed by atoms with Gasteiger partial charge in [-0.1, -0.05) is 25.1 Å². The Balaban J connectivity index is 1.33. The lowest BCUT2D eigenvalue weighted by Crippen LogP contribution is -2.34. The number of nitrogens with zero attached hydrogens (tertiary/aromatic N) is 3. The molecule has 1 aliphatic heterocycles. The maximum Gasteiger partial charge on any atom is 0.340 e. The van der Waals surface area contributed by atoms with Crippen LogP contribution in [0.5, 0.6) is 5.75 Å². The number of esters is 1. The number of likely N-dealkylation sites (N-methyl/N-ethyl adjacent to an activating group) is 1. The molecule has 5 rings (SSSR count). The molecule has 0 saturated heterocycles. The number of aromatic nitrogens is 2. The minimum atomic E-state index is -0.954. The lowest BCUT2D eigenvalue weighted by atomic mass is 9.96. The summed E-state index contributed by atoms with van der Waals surface area (Å²) in [4.78, 5) is 38.2. The summed E-state index contributed by atoms with van der Waals surface area (Å²) >= 11 is 1.32. The van der Waals surface area contributed by atoms with Crippen molar-refractivity contribution < 1.29 is 19.1 Å². The van der Waals surface area contributed by atoms with Crippen LogP contribution in [0.15, 0.2) is 53.9 Å². The van der Waals surface area contributed by atoms with E-state index in [1.807, 2.05) is 74.8 Å². The molecule has 196 valence electrons. The van der Waals surface area contributed by atoms with Crippen molar-refractivity contribution in [1.29, 1.82) is 0 Å². The number of nitrogens with one attached hydrogen (secondary N) is 1. The first-order valence-electron chi connectivity index (χ1n) is 12.8. The molecule has 0 aliphatic carbocycles. The van der Waals surface area contributed by atoms with Crippen molar-refractivity contribution in [3.05, 3.63) is 70.7 Å². The lowest BCUT2D eigenvalue weighted by Gasteiger charge is -2.27. The van der Waals surface area contributed by atoms with E-state index in [0.29, 0.717) is 30.3 Å². The first-order valence-corrected chi connectivity index (χ1v) is 13.6. The van der Waals surface area contributed by atoms with Gasteiger partial charge in [-0.25, -0.2) is 9.78 Å². The highest BCUT2D eigenvalue weighted by Crippen LogP contribution is 2.30. The van der Waals surface area contributed by atoms with E-state index in [-0.39, 0.29) is 0 Å². The Hall–Kier alpha value is -3.82. The molecule has 2 aromatic carbocycles. The van der Waals surface area contributed by atoms with E-state index >= 15 is 0 Å². The number of anilines is 1. The van der Waals surface area contributed by atoms with Crippen molar-refractivity contribution in [2.24, 2.45) is 0 Å². The fourth-order valence-corrected chi connectivity index (χ4v) is 5.33. The molecule has 3 heterocycles. The van der Waals surface area contributed by atoms with Gasteiger partial charge >= 0.3 is 5.97 Å². The number of para-hydroxylation sites is 1. The summed E-state index contributed by atoms with van der Waals surface area (Å²) in [5.41, 5.74) is 4.70. The highest BCUT2D eigenvalue weighted by atomic mass is 32.1. The Morgan fingerprint density at radius 2 is 1.89 bits per heavy atom. The summed E-state index contributed by atoms with van der Waals surface area (Å²) in [5.74, 6) is -0.119. The maximum atomic E-state index is 13.6. The van der Waals surface area contributed by atoms with Crippen molar-refractivity contribution in [3.8, 4) is 17.0 Å². The topological polar surface area (TPSA) is 93.6 Å². The number of rotatable bonds is 8. The third-order valence-electron chi connectivity index (χ3n) is 6.55. The maximum absolute atomic E-state index is 13.6. The Morgan fingerprint density at radius 3 is 2.66 bits per heavy atom. The molecule has 0 saturated carbocycles. The van der Waals surface area contributed by atoms with Crippen LogP contribution in [-0.4, -0.2) is 53.0 Å². The molecule has 0 fully saturated rings. The molecule has 0 spiro atoms. The van der Waals surface area contributed by atoms with E-state index in [1.54, 1.807) is 0 Å². The number of carbonyl (C=O) groups excluding carboxylic acids is 2. The van der Waals surface area contributed by atoms with Gasteiger partial charge in [0.1, 0.15) is 5.75 Å². The number of pyridine rings is 1. The first-order chi connectivity index (χ1) is 18.5. The number of fused-ring (bicyclic) bond motifs is 2. The highest BCUT2D eigenvalue weighted by Gasteiger charge is 2.29. The molecular formula is C29H30N4O4S. The van der Waals surface area contributed by atoms with Crippen LogP contribution in [0, 0.1) is 0 Å². The predicted octanol–water partition coefficient (Wildman–Crippen LogP) is 5.32. The Labute approximate surface area is 225 Å². The number of hydrogen-bond acceptors (Lipinski definition) is 8. The van der Waals surface area contributed by atoms with Gasteiger partial charge in [0.2, 0.25) is 0 Å². The second-order valence-corrected chi connectivity index (χ2v) is 10.1.